The predicted molar refractivity (Wildman–Crippen MR) is 82.4 cm³/mol. The number of carbonyl (C=O) groups excluding carboxylic acids is 1. The van der Waals surface area contributed by atoms with Crippen LogP contribution in [0.5, 0.6) is 5.75 Å². The van der Waals surface area contributed by atoms with E-state index in [1.54, 1.807) is 11.8 Å². The third kappa shape index (κ3) is 3.06. The number of ether oxygens (including phenoxy) is 1. The second kappa shape index (κ2) is 6.26. The zero-order chi connectivity index (χ0) is 15.4. The van der Waals surface area contributed by atoms with Gasteiger partial charge in [0.2, 0.25) is 5.91 Å². The lowest BCUT2D eigenvalue weighted by atomic mass is 10.2. The van der Waals surface area contributed by atoms with Crippen molar-refractivity contribution in [3.8, 4) is 5.75 Å². The maximum absolute atomic E-state index is 12.0. The van der Waals surface area contributed by atoms with Gasteiger partial charge in [-0.05, 0) is 29.8 Å². The summed E-state index contributed by atoms with van der Waals surface area (Å²) in [6.45, 7) is 0.617. The lowest BCUT2D eigenvalue weighted by Crippen LogP contribution is -2.27. The minimum atomic E-state index is -0.105. The molecule has 1 N–H and O–H groups in total. The van der Waals surface area contributed by atoms with Gasteiger partial charge in [0.05, 0.1) is 12.6 Å². The van der Waals surface area contributed by atoms with E-state index >= 15 is 0 Å². The third-order valence-electron chi connectivity index (χ3n) is 3.36. The summed E-state index contributed by atoms with van der Waals surface area (Å²) in [5, 5.41) is 10.9. The molecule has 0 bridgehead atoms. The van der Waals surface area contributed by atoms with E-state index in [2.05, 4.69) is 15.6 Å². The third-order valence-corrected chi connectivity index (χ3v) is 3.36. The molecule has 0 aliphatic carbocycles. The molecular formula is C16H16N4O2. The minimum absolute atomic E-state index is 0.105. The number of carbonyl (C=O) groups is 1. The van der Waals surface area contributed by atoms with Crippen molar-refractivity contribution in [3.05, 3.63) is 54.1 Å². The van der Waals surface area contributed by atoms with Crippen molar-refractivity contribution in [3.63, 3.8) is 0 Å². The molecule has 6 heteroatoms. The van der Waals surface area contributed by atoms with Gasteiger partial charge in [0, 0.05) is 6.54 Å². The number of amides is 1. The van der Waals surface area contributed by atoms with Gasteiger partial charge in [-0.2, -0.15) is 0 Å². The molecule has 0 fully saturated rings. The normalized spacial score (nSPS) is 10.6. The average molecular weight is 296 g/mol. The fourth-order valence-electron chi connectivity index (χ4n) is 2.17. The van der Waals surface area contributed by atoms with Crippen LogP contribution < -0.4 is 10.1 Å². The van der Waals surface area contributed by atoms with E-state index < -0.39 is 0 Å². The van der Waals surface area contributed by atoms with E-state index in [9.17, 15) is 4.79 Å². The lowest BCUT2D eigenvalue weighted by molar-refractivity contribution is -0.121. The first-order chi connectivity index (χ1) is 10.8. The Bertz CT molecular complexity index is 780. The quantitative estimate of drug-likeness (QED) is 0.779. The van der Waals surface area contributed by atoms with E-state index in [0.717, 1.165) is 22.3 Å². The van der Waals surface area contributed by atoms with Gasteiger partial charge in [0.25, 0.3) is 0 Å². The second-order valence-corrected chi connectivity index (χ2v) is 4.86. The van der Waals surface area contributed by atoms with Crippen molar-refractivity contribution < 1.29 is 9.53 Å². The molecule has 1 amide bonds. The summed E-state index contributed by atoms with van der Waals surface area (Å²) in [5.41, 5.74) is 2.64. The summed E-state index contributed by atoms with van der Waals surface area (Å²) < 4.78 is 6.70. The van der Waals surface area contributed by atoms with Crippen LogP contribution in [-0.2, 0) is 17.9 Å². The fraction of sp³-hybridized carbons (Fsp3) is 0.188. The van der Waals surface area contributed by atoms with Crippen molar-refractivity contribution in [2.45, 2.75) is 13.1 Å². The summed E-state index contributed by atoms with van der Waals surface area (Å²) >= 11 is 0. The first kappa shape index (κ1) is 14.1. The van der Waals surface area contributed by atoms with E-state index in [4.69, 9.17) is 4.74 Å². The minimum Gasteiger partial charge on any atom is -0.497 e. The number of rotatable bonds is 5. The van der Waals surface area contributed by atoms with Crippen LogP contribution in [0.4, 0.5) is 0 Å². The second-order valence-electron chi connectivity index (χ2n) is 4.86. The molecule has 0 aliphatic rings. The van der Waals surface area contributed by atoms with Gasteiger partial charge in [-0.3, -0.25) is 4.79 Å². The highest BCUT2D eigenvalue weighted by Crippen LogP contribution is 2.11. The van der Waals surface area contributed by atoms with E-state index in [0.29, 0.717) is 6.54 Å². The zero-order valence-corrected chi connectivity index (χ0v) is 12.2. The number of hydrogen-bond acceptors (Lipinski definition) is 4. The predicted octanol–water partition coefficient (Wildman–Crippen LogP) is 1.76. The van der Waals surface area contributed by atoms with E-state index in [-0.39, 0.29) is 12.5 Å². The van der Waals surface area contributed by atoms with E-state index in [1.165, 1.54) is 0 Å². The molecule has 3 rings (SSSR count). The number of aromatic nitrogens is 3. The van der Waals surface area contributed by atoms with Crippen LogP contribution in [0.2, 0.25) is 0 Å². The molecule has 22 heavy (non-hydrogen) atoms. The van der Waals surface area contributed by atoms with Gasteiger partial charge in [-0.25, -0.2) is 4.68 Å². The summed E-state index contributed by atoms with van der Waals surface area (Å²) in [7, 11) is 1.62. The van der Waals surface area contributed by atoms with Gasteiger partial charge in [0.1, 0.15) is 17.8 Å². The molecular weight excluding hydrogens is 280 g/mol. The lowest BCUT2D eigenvalue weighted by Gasteiger charge is -2.06. The number of benzene rings is 2. The first-order valence-electron chi connectivity index (χ1n) is 6.94. The topological polar surface area (TPSA) is 69.0 Å². The molecule has 0 unspecified atom stereocenters. The van der Waals surface area contributed by atoms with Crippen molar-refractivity contribution in [2.24, 2.45) is 0 Å². The number of fused-ring (bicyclic) bond motifs is 1. The summed E-state index contributed by atoms with van der Waals surface area (Å²) in [6, 6.07) is 15.1. The summed E-state index contributed by atoms with van der Waals surface area (Å²) in [4.78, 5) is 12.0. The molecule has 0 atom stereocenters. The molecule has 1 aromatic heterocycles. The Morgan fingerprint density at radius 1 is 1.18 bits per heavy atom. The van der Waals surface area contributed by atoms with Crippen molar-refractivity contribution in [2.75, 3.05) is 7.11 Å². The molecule has 0 aliphatic heterocycles. The van der Waals surface area contributed by atoms with Crippen LogP contribution in [0, 0.1) is 0 Å². The van der Waals surface area contributed by atoms with Crippen molar-refractivity contribution in [1.29, 1.82) is 0 Å². The van der Waals surface area contributed by atoms with Gasteiger partial charge in [0.15, 0.2) is 0 Å². The molecule has 1 heterocycles. The van der Waals surface area contributed by atoms with Gasteiger partial charge in [-0.1, -0.05) is 29.5 Å². The first-order valence-corrected chi connectivity index (χ1v) is 6.94. The van der Waals surface area contributed by atoms with Gasteiger partial charge in [-0.15, -0.1) is 5.10 Å². The Labute approximate surface area is 127 Å². The van der Waals surface area contributed by atoms with Crippen LogP contribution >= 0.6 is 0 Å². The molecule has 0 spiro atoms. The number of para-hydroxylation sites is 1. The standard InChI is InChI=1S/C16H16N4O2/c1-22-13-8-6-12(7-9-13)10-17-16(21)11-20-15-5-3-2-4-14(15)18-19-20/h2-9H,10-11H2,1H3,(H,17,21). The van der Waals surface area contributed by atoms with Crippen LogP contribution in [0.15, 0.2) is 48.5 Å². The Balaban J connectivity index is 1.60. The number of hydrogen-bond donors (Lipinski definition) is 1. The van der Waals surface area contributed by atoms with Crippen LogP contribution in [0.25, 0.3) is 11.0 Å². The highest BCUT2D eigenvalue weighted by Gasteiger charge is 2.08. The summed E-state index contributed by atoms with van der Waals surface area (Å²) in [6.07, 6.45) is 0. The maximum atomic E-state index is 12.0. The van der Waals surface area contributed by atoms with E-state index in [1.807, 2.05) is 48.5 Å². The Morgan fingerprint density at radius 3 is 2.73 bits per heavy atom. The largest absolute Gasteiger partial charge is 0.497 e. The number of nitrogens with one attached hydrogen (secondary N) is 1. The molecule has 2 aromatic carbocycles. The SMILES string of the molecule is COc1ccc(CNC(=O)Cn2nnc3ccccc32)cc1. The highest BCUT2D eigenvalue weighted by molar-refractivity contribution is 5.79. The Hall–Kier alpha value is -2.89. The fourth-order valence-corrected chi connectivity index (χ4v) is 2.17. The Kier molecular flexibility index (Phi) is 4.00. The van der Waals surface area contributed by atoms with Crippen LogP contribution in [0.1, 0.15) is 5.56 Å². The van der Waals surface area contributed by atoms with Crippen LogP contribution in [0.3, 0.4) is 0 Å². The van der Waals surface area contributed by atoms with Gasteiger partial charge >= 0.3 is 0 Å². The maximum Gasteiger partial charge on any atom is 0.242 e. The average Bonchev–Trinajstić information content (AvgIpc) is 2.97. The molecule has 0 radical (unpaired) electrons. The van der Waals surface area contributed by atoms with Gasteiger partial charge < -0.3 is 10.1 Å². The smallest absolute Gasteiger partial charge is 0.242 e. The zero-order valence-electron chi connectivity index (χ0n) is 12.2. The molecule has 112 valence electrons. The van der Waals surface area contributed by atoms with Crippen molar-refractivity contribution >= 4 is 16.9 Å². The molecule has 6 nitrogen and oxygen atoms in total. The highest BCUT2D eigenvalue weighted by atomic mass is 16.5. The molecule has 3 aromatic rings. The Morgan fingerprint density at radius 2 is 1.95 bits per heavy atom. The van der Waals surface area contributed by atoms with Crippen LogP contribution in [-0.4, -0.2) is 28.0 Å². The van der Waals surface area contributed by atoms with Crippen molar-refractivity contribution in [1.82, 2.24) is 20.3 Å². The molecule has 0 saturated carbocycles. The molecule has 0 saturated heterocycles. The number of nitrogens with zero attached hydrogens (tertiary/aromatic N) is 3. The number of methoxy groups -OCH3 is 1. The summed E-state index contributed by atoms with van der Waals surface area (Å²) in [5.74, 6) is 0.690. The monoisotopic (exact) mass is 296 g/mol.